The molecule has 94 valence electrons. The zero-order valence-electron chi connectivity index (χ0n) is 11.1. The van der Waals surface area contributed by atoms with Crippen LogP contribution in [0.2, 0.25) is 0 Å². The molecule has 1 fully saturated rings. The second-order valence-corrected chi connectivity index (χ2v) is 6.34. The smallest absolute Gasteiger partial charge is 0.435 e. The Morgan fingerprint density at radius 3 is 2.12 bits per heavy atom. The molecular formula is C13H24O3. The number of hydrogen-bond acceptors (Lipinski definition) is 3. The van der Waals surface area contributed by atoms with E-state index in [1.807, 2.05) is 0 Å². The normalized spacial score (nSPS) is 23.8. The summed E-state index contributed by atoms with van der Waals surface area (Å²) in [5, 5.41) is 0. The summed E-state index contributed by atoms with van der Waals surface area (Å²) in [4.78, 5) is 11.3. The van der Waals surface area contributed by atoms with Crippen molar-refractivity contribution in [1.29, 1.82) is 0 Å². The molecule has 0 radical (unpaired) electrons. The summed E-state index contributed by atoms with van der Waals surface area (Å²) < 4.78 is 10.2. The van der Waals surface area contributed by atoms with Crippen molar-refractivity contribution in [3.05, 3.63) is 0 Å². The number of rotatable bonds is 2. The van der Waals surface area contributed by atoms with Gasteiger partial charge >= 0.3 is 6.16 Å². The van der Waals surface area contributed by atoms with E-state index in [1.165, 1.54) is 6.42 Å². The zero-order valence-corrected chi connectivity index (χ0v) is 11.1. The maximum Gasteiger partial charge on any atom is 0.508 e. The van der Waals surface area contributed by atoms with Gasteiger partial charge in [0.2, 0.25) is 0 Å². The first-order chi connectivity index (χ1) is 7.24. The van der Waals surface area contributed by atoms with E-state index in [2.05, 4.69) is 27.7 Å². The second kappa shape index (κ2) is 4.64. The van der Waals surface area contributed by atoms with Crippen LogP contribution in [0.4, 0.5) is 4.79 Å². The molecule has 0 amide bonds. The topological polar surface area (TPSA) is 35.5 Å². The second-order valence-electron chi connectivity index (χ2n) is 6.34. The Balaban J connectivity index is 2.57. The minimum absolute atomic E-state index is 0.00204. The third kappa shape index (κ3) is 4.03. The van der Waals surface area contributed by atoms with Crippen LogP contribution in [0, 0.1) is 10.8 Å². The van der Waals surface area contributed by atoms with Crippen LogP contribution >= 0.6 is 0 Å². The lowest BCUT2D eigenvalue weighted by atomic mass is 9.64. The monoisotopic (exact) mass is 228 g/mol. The van der Waals surface area contributed by atoms with Gasteiger partial charge in [-0.05, 0) is 37.0 Å². The Hall–Kier alpha value is -0.730. The Morgan fingerprint density at radius 1 is 1.19 bits per heavy atom. The quantitative estimate of drug-likeness (QED) is 0.675. The average molecular weight is 228 g/mol. The molecule has 0 saturated heterocycles. The van der Waals surface area contributed by atoms with E-state index in [1.54, 1.807) is 6.92 Å². The molecule has 0 atom stereocenters. The van der Waals surface area contributed by atoms with Crippen LogP contribution in [-0.4, -0.2) is 18.9 Å². The van der Waals surface area contributed by atoms with E-state index in [-0.39, 0.29) is 16.9 Å². The van der Waals surface area contributed by atoms with Gasteiger partial charge in [0.05, 0.1) is 6.61 Å². The van der Waals surface area contributed by atoms with E-state index in [0.29, 0.717) is 6.61 Å². The largest absolute Gasteiger partial charge is 0.508 e. The van der Waals surface area contributed by atoms with E-state index in [0.717, 1.165) is 12.8 Å². The highest BCUT2D eigenvalue weighted by atomic mass is 16.7. The molecule has 0 unspecified atom stereocenters. The van der Waals surface area contributed by atoms with Crippen LogP contribution in [-0.2, 0) is 9.47 Å². The van der Waals surface area contributed by atoms with Gasteiger partial charge in [-0.3, -0.25) is 0 Å². The van der Waals surface area contributed by atoms with Crippen LogP contribution in [0.1, 0.15) is 53.9 Å². The predicted octanol–water partition coefficient (Wildman–Crippen LogP) is 3.76. The first kappa shape index (κ1) is 13.3. The highest BCUT2D eigenvalue weighted by Crippen LogP contribution is 2.46. The van der Waals surface area contributed by atoms with Crippen LogP contribution in [0.3, 0.4) is 0 Å². The molecule has 1 aliphatic carbocycles. The van der Waals surface area contributed by atoms with Crippen LogP contribution < -0.4 is 0 Å². The van der Waals surface area contributed by atoms with Gasteiger partial charge in [0.15, 0.2) is 0 Å². The van der Waals surface area contributed by atoms with E-state index in [9.17, 15) is 4.79 Å². The molecule has 1 aliphatic rings. The number of carbonyl (C=O) groups is 1. The zero-order chi connectivity index (χ0) is 12.4. The van der Waals surface area contributed by atoms with Crippen molar-refractivity contribution < 1.29 is 14.3 Å². The SMILES string of the molecule is CCOC(=O)OC1CC(C)(C)CC(C)(C)C1. The summed E-state index contributed by atoms with van der Waals surface area (Å²) in [6, 6.07) is 0. The fourth-order valence-electron chi connectivity index (χ4n) is 3.12. The Bertz CT molecular complexity index is 240. The molecule has 0 aromatic heterocycles. The standard InChI is InChI=1S/C13H24O3/c1-6-15-11(14)16-10-7-12(2,3)9-13(4,5)8-10/h10H,6-9H2,1-5H3. The number of ether oxygens (including phenoxy) is 2. The maximum absolute atomic E-state index is 11.3. The highest BCUT2D eigenvalue weighted by molar-refractivity contribution is 5.60. The van der Waals surface area contributed by atoms with Gasteiger partial charge in [-0.1, -0.05) is 27.7 Å². The van der Waals surface area contributed by atoms with Crippen LogP contribution in [0.25, 0.3) is 0 Å². The fourth-order valence-corrected chi connectivity index (χ4v) is 3.12. The summed E-state index contributed by atoms with van der Waals surface area (Å²) in [5.41, 5.74) is 0.470. The predicted molar refractivity (Wildman–Crippen MR) is 63.3 cm³/mol. The van der Waals surface area contributed by atoms with E-state index < -0.39 is 6.16 Å². The molecule has 0 heterocycles. The summed E-state index contributed by atoms with van der Waals surface area (Å²) in [5.74, 6) is 0. The van der Waals surface area contributed by atoms with Gasteiger partial charge in [0.1, 0.15) is 6.10 Å². The van der Waals surface area contributed by atoms with Gasteiger partial charge in [-0.15, -0.1) is 0 Å². The summed E-state index contributed by atoms with van der Waals surface area (Å²) in [7, 11) is 0. The third-order valence-corrected chi connectivity index (χ3v) is 3.04. The molecule has 0 spiro atoms. The molecule has 1 saturated carbocycles. The van der Waals surface area contributed by atoms with Crippen molar-refractivity contribution in [3.8, 4) is 0 Å². The molecule has 0 bridgehead atoms. The summed E-state index contributed by atoms with van der Waals surface area (Å²) in [6.45, 7) is 11.1. The van der Waals surface area contributed by atoms with Gasteiger partial charge in [-0.25, -0.2) is 4.79 Å². The minimum Gasteiger partial charge on any atom is -0.435 e. The van der Waals surface area contributed by atoms with Gasteiger partial charge in [0, 0.05) is 0 Å². The average Bonchev–Trinajstić information content (AvgIpc) is 1.96. The Morgan fingerprint density at radius 2 is 1.69 bits per heavy atom. The van der Waals surface area contributed by atoms with Crippen molar-refractivity contribution >= 4 is 6.16 Å². The lowest BCUT2D eigenvalue weighted by molar-refractivity contribution is -0.0397. The molecule has 0 aromatic carbocycles. The first-order valence-electron chi connectivity index (χ1n) is 6.07. The number of hydrogen-bond donors (Lipinski definition) is 0. The molecular weight excluding hydrogens is 204 g/mol. The Kier molecular flexibility index (Phi) is 3.87. The Labute approximate surface area is 98.5 Å². The van der Waals surface area contributed by atoms with Crippen molar-refractivity contribution in [2.45, 2.75) is 60.0 Å². The molecule has 0 aromatic rings. The van der Waals surface area contributed by atoms with Crippen molar-refractivity contribution in [1.82, 2.24) is 0 Å². The van der Waals surface area contributed by atoms with E-state index >= 15 is 0 Å². The van der Waals surface area contributed by atoms with Gasteiger partial charge in [0.25, 0.3) is 0 Å². The molecule has 3 nitrogen and oxygen atoms in total. The van der Waals surface area contributed by atoms with Crippen molar-refractivity contribution in [2.75, 3.05) is 6.61 Å². The highest BCUT2D eigenvalue weighted by Gasteiger charge is 2.40. The van der Waals surface area contributed by atoms with Crippen LogP contribution in [0.5, 0.6) is 0 Å². The third-order valence-electron chi connectivity index (χ3n) is 3.04. The van der Waals surface area contributed by atoms with Gasteiger partial charge in [-0.2, -0.15) is 0 Å². The molecule has 1 rings (SSSR count). The first-order valence-corrected chi connectivity index (χ1v) is 6.07. The van der Waals surface area contributed by atoms with Crippen LogP contribution in [0.15, 0.2) is 0 Å². The molecule has 0 N–H and O–H groups in total. The maximum atomic E-state index is 11.3. The number of carbonyl (C=O) groups excluding carboxylic acids is 1. The molecule has 16 heavy (non-hydrogen) atoms. The van der Waals surface area contributed by atoms with Gasteiger partial charge < -0.3 is 9.47 Å². The fraction of sp³-hybridized carbons (Fsp3) is 0.923. The molecule has 3 heteroatoms. The van der Waals surface area contributed by atoms with Crippen molar-refractivity contribution in [3.63, 3.8) is 0 Å². The lowest BCUT2D eigenvalue weighted by Gasteiger charge is -2.44. The van der Waals surface area contributed by atoms with Crippen molar-refractivity contribution in [2.24, 2.45) is 10.8 Å². The summed E-state index contributed by atoms with van der Waals surface area (Å²) >= 11 is 0. The lowest BCUT2D eigenvalue weighted by Crippen LogP contribution is -2.38. The summed E-state index contributed by atoms with van der Waals surface area (Å²) in [6.07, 6.45) is 2.49. The van der Waals surface area contributed by atoms with E-state index in [4.69, 9.17) is 9.47 Å². The minimum atomic E-state index is -0.527. The molecule has 0 aliphatic heterocycles.